The quantitative estimate of drug-likeness (QED) is 0.428. The molecule has 9 heteroatoms. The van der Waals surface area contributed by atoms with E-state index in [4.69, 9.17) is 23.8 Å². The van der Waals surface area contributed by atoms with E-state index in [9.17, 15) is 0 Å². The number of nitrogens with two attached hydrogens (primary N) is 2. The zero-order chi connectivity index (χ0) is 15.2. The standard InChI is InChI=1S/C12H20N2O3Si4/c13-9-1-5-11(6-2-9)20(15-18)17-21(16-19)12-7-3-10(14)4-8-12/h1-8,20-21H,13-14H2,18-19H3. The lowest BCUT2D eigenvalue weighted by Gasteiger charge is -2.22. The highest BCUT2D eigenvalue weighted by Gasteiger charge is 2.23. The summed E-state index contributed by atoms with van der Waals surface area (Å²) >= 11 is 0. The molecule has 0 spiro atoms. The molecule has 0 fully saturated rings. The van der Waals surface area contributed by atoms with Crippen LogP contribution in [0.3, 0.4) is 0 Å². The molecule has 2 aromatic carbocycles. The van der Waals surface area contributed by atoms with Crippen molar-refractivity contribution in [1.29, 1.82) is 0 Å². The number of nitrogen functional groups attached to an aromatic ring is 2. The molecule has 0 aromatic heterocycles. The molecular formula is C12H20N2O3Si4. The van der Waals surface area contributed by atoms with Gasteiger partial charge in [0.2, 0.25) is 0 Å². The summed E-state index contributed by atoms with van der Waals surface area (Å²) in [5.74, 6) is 0. The van der Waals surface area contributed by atoms with Crippen LogP contribution in [0.4, 0.5) is 11.4 Å². The van der Waals surface area contributed by atoms with Gasteiger partial charge in [0, 0.05) is 11.4 Å². The predicted octanol–water partition coefficient (Wildman–Crippen LogP) is -2.98. The fraction of sp³-hybridized carbons (Fsp3) is 0. The number of rotatable bonds is 6. The Balaban J connectivity index is 2.15. The third-order valence-corrected chi connectivity index (χ3v) is 10.4. The molecule has 5 nitrogen and oxygen atoms in total. The average Bonchev–Trinajstić information content (AvgIpc) is 2.51. The fourth-order valence-electron chi connectivity index (χ4n) is 1.96. The summed E-state index contributed by atoms with van der Waals surface area (Å²) < 4.78 is 17.6. The van der Waals surface area contributed by atoms with Crippen LogP contribution < -0.4 is 21.8 Å². The Morgan fingerprint density at radius 3 is 1.29 bits per heavy atom. The van der Waals surface area contributed by atoms with Crippen LogP contribution in [-0.2, 0) is 12.3 Å². The normalized spacial score (nSPS) is 14.1. The molecule has 0 radical (unpaired) electrons. The first-order chi connectivity index (χ1) is 10.1. The first-order valence-electron chi connectivity index (χ1n) is 6.56. The maximum atomic E-state index is 6.22. The molecule has 0 amide bonds. The van der Waals surface area contributed by atoms with Crippen LogP contribution in [0.25, 0.3) is 0 Å². The van der Waals surface area contributed by atoms with Crippen molar-refractivity contribution in [2.45, 2.75) is 0 Å². The molecule has 2 aromatic rings. The Bertz CT molecular complexity index is 516. The van der Waals surface area contributed by atoms with E-state index >= 15 is 0 Å². The minimum absolute atomic E-state index is 0.638. The van der Waals surface area contributed by atoms with Crippen molar-refractivity contribution in [3.05, 3.63) is 48.5 Å². The number of benzene rings is 2. The molecular weight excluding hydrogens is 332 g/mol. The summed E-state index contributed by atoms with van der Waals surface area (Å²) in [6.45, 7) is 0. The van der Waals surface area contributed by atoms with Crippen LogP contribution in [0.2, 0.25) is 0 Å². The van der Waals surface area contributed by atoms with Crippen LogP contribution in [0.1, 0.15) is 0 Å². The largest absolute Gasteiger partial charge is 0.444 e. The molecule has 0 bridgehead atoms. The Morgan fingerprint density at radius 1 is 0.667 bits per heavy atom. The van der Waals surface area contributed by atoms with Gasteiger partial charge in [-0.1, -0.05) is 24.3 Å². The van der Waals surface area contributed by atoms with E-state index in [1.54, 1.807) is 0 Å². The average molecular weight is 353 g/mol. The maximum absolute atomic E-state index is 6.22. The highest BCUT2D eigenvalue weighted by Crippen LogP contribution is 2.03. The molecule has 2 rings (SSSR count). The third kappa shape index (κ3) is 4.38. The van der Waals surface area contributed by atoms with Crippen molar-refractivity contribution in [3.63, 3.8) is 0 Å². The predicted molar refractivity (Wildman–Crippen MR) is 98.4 cm³/mol. The second-order valence-corrected chi connectivity index (χ2v) is 12.1. The lowest BCUT2D eigenvalue weighted by molar-refractivity contribution is 0.413. The highest BCUT2D eigenvalue weighted by atomic mass is 28.4. The van der Waals surface area contributed by atoms with Gasteiger partial charge in [-0.05, 0) is 34.6 Å². The third-order valence-electron chi connectivity index (χ3n) is 3.09. The van der Waals surface area contributed by atoms with Gasteiger partial charge in [-0.15, -0.1) is 0 Å². The van der Waals surface area contributed by atoms with Gasteiger partial charge in [-0.25, -0.2) is 0 Å². The van der Waals surface area contributed by atoms with Gasteiger partial charge in [0.15, 0.2) is 0 Å². The first kappa shape index (κ1) is 16.2. The molecule has 0 aliphatic rings. The summed E-state index contributed by atoms with van der Waals surface area (Å²) in [6, 6.07) is 15.4. The van der Waals surface area contributed by atoms with Crippen LogP contribution >= 0.6 is 0 Å². The van der Waals surface area contributed by atoms with Crippen LogP contribution in [-0.4, -0.2) is 39.5 Å². The van der Waals surface area contributed by atoms with Gasteiger partial charge in [0.05, 0.1) is 0 Å². The fourth-order valence-corrected chi connectivity index (χ4v) is 10.2. The van der Waals surface area contributed by atoms with E-state index in [0.717, 1.165) is 21.7 Å². The first-order valence-corrected chi connectivity index (χ1v) is 11.2. The Hall–Kier alpha value is -1.21. The Kier molecular flexibility index (Phi) is 5.93. The summed E-state index contributed by atoms with van der Waals surface area (Å²) in [7, 11) is -2.56. The van der Waals surface area contributed by atoms with Crippen molar-refractivity contribution in [2.24, 2.45) is 0 Å². The summed E-state index contributed by atoms with van der Waals surface area (Å²) in [5.41, 5.74) is 12.9. The minimum atomic E-state index is -1.92. The summed E-state index contributed by atoms with van der Waals surface area (Å²) in [5, 5.41) is 2.18. The second kappa shape index (κ2) is 7.70. The highest BCUT2D eigenvalue weighted by molar-refractivity contribution is 6.76. The minimum Gasteiger partial charge on any atom is -0.444 e. The van der Waals surface area contributed by atoms with E-state index in [2.05, 4.69) is 0 Å². The zero-order valence-electron chi connectivity index (χ0n) is 12.2. The van der Waals surface area contributed by atoms with Crippen molar-refractivity contribution >= 4 is 61.3 Å². The van der Waals surface area contributed by atoms with E-state index in [-0.39, 0.29) is 0 Å². The SMILES string of the molecule is Nc1ccc([SiH](O[SiH3])O[SiH](O[SiH3])c2ccc(N)cc2)cc1. The van der Waals surface area contributed by atoms with Gasteiger partial charge in [-0.3, -0.25) is 0 Å². The number of anilines is 2. The lowest BCUT2D eigenvalue weighted by atomic mass is 10.3. The van der Waals surface area contributed by atoms with Crippen LogP contribution in [0.5, 0.6) is 0 Å². The van der Waals surface area contributed by atoms with Crippen LogP contribution in [0, 0.1) is 0 Å². The molecule has 0 heterocycles. The van der Waals surface area contributed by atoms with Crippen LogP contribution in [0.15, 0.2) is 48.5 Å². The lowest BCUT2D eigenvalue weighted by Crippen LogP contribution is -2.47. The molecule has 112 valence electrons. The Morgan fingerprint density at radius 2 is 1.00 bits per heavy atom. The van der Waals surface area contributed by atoms with Gasteiger partial charge in [-0.2, -0.15) is 0 Å². The molecule has 0 saturated heterocycles. The Labute approximate surface area is 134 Å². The van der Waals surface area contributed by atoms with E-state index < -0.39 is 18.6 Å². The topological polar surface area (TPSA) is 79.7 Å². The second-order valence-electron chi connectivity index (χ2n) is 4.60. The summed E-state index contributed by atoms with van der Waals surface area (Å²) in [4.78, 5) is 0. The zero-order valence-corrected chi connectivity index (χ0v) is 18.5. The number of hydrogen-bond donors (Lipinski definition) is 2. The van der Waals surface area contributed by atoms with Gasteiger partial charge in [0.1, 0.15) is 21.0 Å². The molecule has 0 aliphatic heterocycles. The van der Waals surface area contributed by atoms with E-state index in [1.807, 2.05) is 48.5 Å². The molecule has 2 unspecified atom stereocenters. The van der Waals surface area contributed by atoms with Crippen molar-refractivity contribution in [3.8, 4) is 0 Å². The monoisotopic (exact) mass is 352 g/mol. The van der Waals surface area contributed by atoms with E-state index in [0.29, 0.717) is 21.0 Å². The van der Waals surface area contributed by atoms with Gasteiger partial charge in [0.25, 0.3) is 0 Å². The molecule has 4 N–H and O–H groups in total. The summed E-state index contributed by atoms with van der Waals surface area (Å²) in [6.07, 6.45) is 0. The maximum Gasteiger partial charge on any atom is 0.336 e. The van der Waals surface area contributed by atoms with Crippen molar-refractivity contribution in [1.82, 2.24) is 0 Å². The van der Waals surface area contributed by atoms with Crippen molar-refractivity contribution in [2.75, 3.05) is 11.5 Å². The molecule has 0 aliphatic carbocycles. The van der Waals surface area contributed by atoms with Gasteiger partial charge >= 0.3 is 18.6 Å². The molecule has 21 heavy (non-hydrogen) atoms. The molecule has 0 saturated carbocycles. The van der Waals surface area contributed by atoms with Crippen molar-refractivity contribution < 1.29 is 12.3 Å². The molecule has 2 atom stereocenters. The number of hydrogen-bond acceptors (Lipinski definition) is 5. The smallest absolute Gasteiger partial charge is 0.336 e. The van der Waals surface area contributed by atoms with E-state index in [1.165, 1.54) is 0 Å². The van der Waals surface area contributed by atoms with Gasteiger partial charge < -0.3 is 23.8 Å².